The fourth-order valence-corrected chi connectivity index (χ4v) is 2.39. The normalized spacial score (nSPS) is 10.8. The summed E-state index contributed by atoms with van der Waals surface area (Å²) in [6.07, 6.45) is 0. The first-order valence-electron chi connectivity index (χ1n) is 6.23. The second kappa shape index (κ2) is 4.30. The standard InChI is InChI=1S/C18H15/c1-13-7-10-18(14(2)11-13)17-9-8-15-5-3-4-6-16(15)12-17/h3-11H,1-2H3. The smallest absolute Gasteiger partial charge is 0.00142 e. The Morgan fingerprint density at radius 2 is 1.67 bits per heavy atom. The van der Waals surface area contributed by atoms with Crippen LogP contribution in [0.15, 0.2) is 54.6 Å². The Labute approximate surface area is 108 Å². The van der Waals surface area contributed by atoms with Crippen molar-refractivity contribution in [2.45, 2.75) is 13.8 Å². The highest BCUT2D eigenvalue weighted by atomic mass is 14.1. The molecular weight excluding hydrogens is 216 g/mol. The van der Waals surface area contributed by atoms with Crippen molar-refractivity contribution >= 4 is 10.8 Å². The van der Waals surface area contributed by atoms with Gasteiger partial charge in [-0.3, -0.25) is 0 Å². The molecule has 0 amide bonds. The number of hydrogen-bond acceptors (Lipinski definition) is 0. The molecule has 18 heavy (non-hydrogen) atoms. The van der Waals surface area contributed by atoms with Crippen molar-refractivity contribution in [2.75, 3.05) is 0 Å². The highest BCUT2D eigenvalue weighted by molar-refractivity contribution is 5.87. The van der Waals surface area contributed by atoms with E-state index >= 15 is 0 Å². The van der Waals surface area contributed by atoms with E-state index in [1.165, 1.54) is 33.0 Å². The third-order valence-electron chi connectivity index (χ3n) is 3.33. The zero-order valence-corrected chi connectivity index (χ0v) is 10.7. The van der Waals surface area contributed by atoms with Gasteiger partial charge >= 0.3 is 0 Å². The van der Waals surface area contributed by atoms with Gasteiger partial charge in [0.25, 0.3) is 0 Å². The lowest BCUT2D eigenvalue weighted by molar-refractivity contribution is 1.38. The topological polar surface area (TPSA) is 0 Å². The first-order chi connectivity index (χ1) is 8.74. The van der Waals surface area contributed by atoms with Crippen molar-refractivity contribution in [1.82, 2.24) is 0 Å². The largest absolute Gasteiger partial charge is 0.0616 e. The van der Waals surface area contributed by atoms with Crippen LogP contribution in [0.3, 0.4) is 0 Å². The second-order valence-electron chi connectivity index (χ2n) is 4.78. The second-order valence-corrected chi connectivity index (χ2v) is 4.78. The van der Waals surface area contributed by atoms with Crippen LogP contribution in [0.4, 0.5) is 0 Å². The maximum Gasteiger partial charge on any atom is -0.00142 e. The van der Waals surface area contributed by atoms with E-state index in [1.54, 1.807) is 0 Å². The molecule has 0 aliphatic heterocycles. The zero-order chi connectivity index (χ0) is 12.5. The molecule has 0 heteroatoms. The summed E-state index contributed by atoms with van der Waals surface area (Å²) in [4.78, 5) is 0. The molecule has 0 aliphatic rings. The van der Waals surface area contributed by atoms with Gasteiger partial charge in [-0.1, -0.05) is 60.2 Å². The van der Waals surface area contributed by atoms with E-state index in [-0.39, 0.29) is 0 Å². The highest BCUT2D eigenvalue weighted by Gasteiger charge is 2.03. The molecular formula is C18H15. The van der Waals surface area contributed by atoms with Crippen LogP contribution in [-0.4, -0.2) is 0 Å². The molecule has 0 atom stereocenters. The Bertz CT molecular complexity index is 708. The van der Waals surface area contributed by atoms with Crippen LogP contribution >= 0.6 is 0 Å². The molecule has 87 valence electrons. The highest BCUT2D eigenvalue weighted by Crippen LogP contribution is 2.26. The lowest BCUT2D eigenvalue weighted by atomic mass is 9.96. The molecule has 3 rings (SSSR count). The Hall–Kier alpha value is -2.08. The quantitative estimate of drug-likeness (QED) is 0.557. The van der Waals surface area contributed by atoms with Gasteiger partial charge in [-0.25, -0.2) is 0 Å². The van der Waals surface area contributed by atoms with Crippen molar-refractivity contribution in [2.24, 2.45) is 0 Å². The van der Waals surface area contributed by atoms with E-state index in [4.69, 9.17) is 0 Å². The predicted molar refractivity (Wildman–Crippen MR) is 77.7 cm³/mol. The molecule has 0 spiro atoms. The minimum atomic E-state index is 1.17. The van der Waals surface area contributed by atoms with Crippen LogP contribution in [0.25, 0.3) is 21.9 Å². The predicted octanol–water partition coefficient (Wildman–Crippen LogP) is 4.92. The van der Waals surface area contributed by atoms with E-state index in [0.717, 1.165) is 0 Å². The van der Waals surface area contributed by atoms with Gasteiger partial charge in [0.05, 0.1) is 0 Å². The van der Waals surface area contributed by atoms with Gasteiger partial charge in [0.15, 0.2) is 0 Å². The molecule has 0 nitrogen and oxygen atoms in total. The Balaban J connectivity index is 2.19. The van der Waals surface area contributed by atoms with Crippen LogP contribution in [0, 0.1) is 19.9 Å². The Morgan fingerprint density at radius 1 is 0.833 bits per heavy atom. The van der Waals surface area contributed by atoms with Gasteiger partial charge in [0, 0.05) is 0 Å². The van der Waals surface area contributed by atoms with E-state index in [9.17, 15) is 0 Å². The van der Waals surface area contributed by atoms with Crippen molar-refractivity contribution in [3.8, 4) is 11.1 Å². The number of benzene rings is 3. The molecule has 0 aromatic heterocycles. The molecule has 0 fully saturated rings. The monoisotopic (exact) mass is 231 g/mol. The number of hydrogen-bond donors (Lipinski definition) is 0. The summed E-state index contributed by atoms with van der Waals surface area (Å²) in [5.41, 5.74) is 5.05. The molecule has 3 aromatic rings. The average molecular weight is 231 g/mol. The van der Waals surface area contributed by atoms with E-state index in [2.05, 4.69) is 74.5 Å². The molecule has 0 saturated carbocycles. The molecule has 0 bridgehead atoms. The SMILES string of the molecule is Cc1ccc(-c2[c]c3ccccc3cc2)c(C)c1. The minimum Gasteiger partial charge on any atom is -0.0616 e. The van der Waals surface area contributed by atoms with Crippen LogP contribution in [0.1, 0.15) is 11.1 Å². The molecule has 0 unspecified atom stereocenters. The number of aryl methyl sites for hydroxylation is 2. The van der Waals surface area contributed by atoms with Gasteiger partial charge < -0.3 is 0 Å². The summed E-state index contributed by atoms with van der Waals surface area (Å²) < 4.78 is 0. The minimum absolute atomic E-state index is 1.17. The number of rotatable bonds is 1. The summed E-state index contributed by atoms with van der Waals surface area (Å²) in [7, 11) is 0. The Morgan fingerprint density at radius 3 is 2.50 bits per heavy atom. The molecule has 0 saturated heterocycles. The van der Waals surface area contributed by atoms with E-state index in [1.807, 2.05) is 0 Å². The number of fused-ring (bicyclic) bond motifs is 1. The molecule has 1 radical (unpaired) electrons. The van der Waals surface area contributed by atoms with Crippen LogP contribution in [0.5, 0.6) is 0 Å². The average Bonchev–Trinajstić information content (AvgIpc) is 2.38. The molecule has 0 heterocycles. The lowest BCUT2D eigenvalue weighted by Crippen LogP contribution is -1.85. The van der Waals surface area contributed by atoms with Gasteiger partial charge in [0.1, 0.15) is 0 Å². The van der Waals surface area contributed by atoms with Crippen molar-refractivity contribution in [3.63, 3.8) is 0 Å². The van der Waals surface area contributed by atoms with Crippen LogP contribution in [-0.2, 0) is 0 Å². The van der Waals surface area contributed by atoms with Gasteiger partial charge in [-0.2, -0.15) is 0 Å². The van der Waals surface area contributed by atoms with Gasteiger partial charge in [-0.05, 0) is 47.4 Å². The summed E-state index contributed by atoms with van der Waals surface area (Å²) in [6, 6.07) is 22.7. The van der Waals surface area contributed by atoms with Crippen molar-refractivity contribution in [3.05, 3.63) is 71.8 Å². The summed E-state index contributed by atoms with van der Waals surface area (Å²) >= 11 is 0. The molecule has 0 N–H and O–H groups in total. The first-order valence-corrected chi connectivity index (χ1v) is 6.23. The molecule has 3 aromatic carbocycles. The van der Waals surface area contributed by atoms with E-state index < -0.39 is 0 Å². The Kier molecular flexibility index (Phi) is 2.64. The summed E-state index contributed by atoms with van der Waals surface area (Å²) in [5.74, 6) is 0. The summed E-state index contributed by atoms with van der Waals surface area (Å²) in [5, 5.41) is 2.42. The fraction of sp³-hybridized carbons (Fsp3) is 0.111. The van der Waals surface area contributed by atoms with Gasteiger partial charge in [-0.15, -0.1) is 0 Å². The van der Waals surface area contributed by atoms with Crippen LogP contribution < -0.4 is 0 Å². The third kappa shape index (κ3) is 1.91. The maximum atomic E-state index is 3.50. The fourth-order valence-electron chi connectivity index (χ4n) is 2.39. The van der Waals surface area contributed by atoms with E-state index in [0.29, 0.717) is 0 Å². The van der Waals surface area contributed by atoms with Crippen LogP contribution in [0.2, 0.25) is 0 Å². The third-order valence-corrected chi connectivity index (χ3v) is 3.33. The van der Waals surface area contributed by atoms with Gasteiger partial charge in [0.2, 0.25) is 0 Å². The van der Waals surface area contributed by atoms with Crippen molar-refractivity contribution < 1.29 is 0 Å². The molecule has 0 aliphatic carbocycles. The maximum absolute atomic E-state index is 3.50. The zero-order valence-electron chi connectivity index (χ0n) is 10.7. The van der Waals surface area contributed by atoms with Crippen molar-refractivity contribution in [1.29, 1.82) is 0 Å². The summed E-state index contributed by atoms with van der Waals surface area (Å²) in [6.45, 7) is 4.28. The first kappa shape index (κ1) is 11.0. The lowest BCUT2D eigenvalue weighted by Gasteiger charge is -2.08.